The molecule has 0 fully saturated rings. The van der Waals surface area contributed by atoms with Gasteiger partial charge in [0.25, 0.3) is 0 Å². The predicted octanol–water partition coefficient (Wildman–Crippen LogP) is 3.45. The van der Waals surface area contributed by atoms with Crippen LogP contribution in [0.4, 0.5) is 8.78 Å². The van der Waals surface area contributed by atoms with Crippen LogP contribution in [0.15, 0.2) is 23.1 Å². The third-order valence-electron chi connectivity index (χ3n) is 2.09. The van der Waals surface area contributed by atoms with Gasteiger partial charge in [-0.15, -0.1) is 11.8 Å². The van der Waals surface area contributed by atoms with Crippen LogP contribution in [-0.2, 0) is 0 Å². The first-order chi connectivity index (χ1) is 7.63. The van der Waals surface area contributed by atoms with E-state index < -0.39 is 11.6 Å². The van der Waals surface area contributed by atoms with Gasteiger partial charge in [0.2, 0.25) is 0 Å². The summed E-state index contributed by atoms with van der Waals surface area (Å²) in [5.74, 6) is -1.57. The molecule has 4 heteroatoms. The molecule has 0 amide bonds. The number of thioether (sulfide) groups is 1. The van der Waals surface area contributed by atoms with Gasteiger partial charge in [0.1, 0.15) is 0 Å². The zero-order valence-electron chi connectivity index (χ0n) is 9.59. The maximum absolute atomic E-state index is 12.9. The molecule has 1 atom stereocenters. The Hall–Kier alpha value is -0.610. The summed E-state index contributed by atoms with van der Waals surface area (Å²) in [6.45, 7) is 6.04. The summed E-state index contributed by atoms with van der Waals surface area (Å²) in [5.41, 5.74) is 0. The molecular weight excluding hydrogens is 228 g/mol. The maximum atomic E-state index is 12.9. The van der Waals surface area contributed by atoms with Crippen LogP contribution in [-0.4, -0.2) is 18.3 Å². The van der Waals surface area contributed by atoms with Crippen molar-refractivity contribution >= 4 is 11.8 Å². The average Bonchev–Trinajstić information content (AvgIpc) is 2.24. The standard InChI is InChI=1S/C12H17F2NS/c1-3-6-15-8-9(2)16-10-4-5-11(13)12(14)7-10/h4-5,7,9,15H,3,6,8H2,1-2H3. The topological polar surface area (TPSA) is 12.0 Å². The van der Waals surface area contributed by atoms with Crippen molar-refractivity contribution in [2.24, 2.45) is 0 Å². The molecule has 0 aliphatic heterocycles. The largest absolute Gasteiger partial charge is 0.316 e. The Morgan fingerprint density at radius 2 is 2.06 bits per heavy atom. The zero-order valence-corrected chi connectivity index (χ0v) is 10.4. The minimum Gasteiger partial charge on any atom is -0.316 e. The van der Waals surface area contributed by atoms with Crippen molar-refractivity contribution in [3.05, 3.63) is 29.8 Å². The van der Waals surface area contributed by atoms with Gasteiger partial charge in [-0.3, -0.25) is 0 Å². The molecule has 16 heavy (non-hydrogen) atoms. The van der Waals surface area contributed by atoms with Crippen LogP contribution in [0.1, 0.15) is 20.3 Å². The smallest absolute Gasteiger partial charge is 0.159 e. The van der Waals surface area contributed by atoms with Gasteiger partial charge in [-0.1, -0.05) is 13.8 Å². The van der Waals surface area contributed by atoms with Gasteiger partial charge in [0.05, 0.1) is 0 Å². The molecule has 0 saturated heterocycles. The molecule has 0 radical (unpaired) electrons. The molecule has 1 nitrogen and oxygen atoms in total. The Morgan fingerprint density at radius 3 is 2.69 bits per heavy atom. The lowest BCUT2D eigenvalue weighted by Crippen LogP contribution is -2.23. The van der Waals surface area contributed by atoms with Gasteiger partial charge < -0.3 is 5.32 Å². The molecule has 0 bridgehead atoms. The molecule has 1 aromatic rings. The molecule has 1 aromatic carbocycles. The van der Waals surface area contributed by atoms with Crippen molar-refractivity contribution in [3.8, 4) is 0 Å². The highest BCUT2D eigenvalue weighted by atomic mass is 32.2. The van der Waals surface area contributed by atoms with Crippen molar-refractivity contribution in [2.75, 3.05) is 13.1 Å². The summed E-state index contributed by atoms with van der Waals surface area (Å²) in [7, 11) is 0. The Morgan fingerprint density at radius 1 is 1.31 bits per heavy atom. The molecule has 0 saturated carbocycles. The molecule has 0 heterocycles. The molecule has 0 spiro atoms. The highest BCUT2D eigenvalue weighted by molar-refractivity contribution is 8.00. The fourth-order valence-electron chi connectivity index (χ4n) is 1.31. The van der Waals surface area contributed by atoms with Crippen LogP contribution < -0.4 is 5.32 Å². The number of hydrogen-bond donors (Lipinski definition) is 1. The van der Waals surface area contributed by atoms with Crippen molar-refractivity contribution in [3.63, 3.8) is 0 Å². The van der Waals surface area contributed by atoms with E-state index in [2.05, 4.69) is 19.2 Å². The van der Waals surface area contributed by atoms with Gasteiger partial charge in [0, 0.05) is 16.7 Å². The van der Waals surface area contributed by atoms with E-state index in [0.717, 1.165) is 24.4 Å². The normalized spacial score (nSPS) is 12.8. The fraction of sp³-hybridized carbons (Fsp3) is 0.500. The van der Waals surface area contributed by atoms with Crippen LogP contribution >= 0.6 is 11.8 Å². The Kier molecular flexibility index (Phi) is 5.77. The number of halogens is 2. The second-order valence-electron chi connectivity index (χ2n) is 3.71. The quantitative estimate of drug-likeness (QED) is 0.608. The Bertz CT molecular complexity index is 331. The summed E-state index contributed by atoms with van der Waals surface area (Å²) >= 11 is 1.55. The van der Waals surface area contributed by atoms with E-state index in [1.807, 2.05) is 0 Å². The fourth-order valence-corrected chi connectivity index (χ4v) is 2.29. The van der Waals surface area contributed by atoms with Gasteiger partial charge in [-0.2, -0.15) is 0 Å². The number of hydrogen-bond acceptors (Lipinski definition) is 2. The molecule has 1 rings (SSSR count). The van der Waals surface area contributed by atoms with E-state index in [-0.39, 0.29) is 0 Å². The first-order valence-corrected chi connectivity index (χ1v) is 6.34. The molecule has 0 aromatic heterocycles. The lowest BCUT2D eigenvalue weighted by atomic mass is 10.3. The van der Waals surface area contributed by atoms with Crippen LogP contribution in [0.25, 0.3) is 0 Å². The van der Waals surface area contributed by atoms with E-state index in [4.69, 9.17) is 0 Å². The number of benzene rings is 1. The second-order valence-corrected chi connectivity index (χ2v) is 5.22. The van der Waals surface area contributed by atoms with E-state index in [0.29, 0.717) is 5.25 Å². The molecule has 0 aliphatic carbocycles. The molecule has 0 aliphatic rings. The monoisotopic (exact) mass is 245 g/mol. The van der Waals surface area contributed by atoms with E-state index in [1.165, 1.54) is 12.1 Å². The summed E-state index contributed by atoms with van der Waals surface area (Å²) in [5, 5.41) is 3.64. The summed E-state index contributed by atoms with van der Waals surface area (Å²) in [6, 6.07) is 4.03. The SMILES string of the molecule is CCCNCC(C)Sc1ccc(F)c(F)c1. The zero-order chi connectivity index (χ0) is 12.0. The minimum absolute atomic E-state index is 0.344. The van der Waals surface area contributed by atoms with Gasteiger partial charge in [-0.05, 0) is 31.2 Å². The Labute approximate surface area is 99.6 Å². The maximum Gasteiger partial charge on any atom is 0.159 e. The Balaban J connectivity index is 2.43. The third-order valence-corrected chi connectivity index (χ3v) is 3.18. The number of nitrogens with one attached hydrogen (secondary N) is 1. The van der Waals surface area contributed by atoms with E-state index in [1.54, 1.807) is 17.8 Å². The van der Waals surface area contributed by atoms with E-state index in [9.17, 15) is 8.78 Å². The molecule has 1 unspecified atom stereocenters. The summed E-state index contributed by atoms with van der Waals surface area (Å²) < 4.78 is 25.6. The van der Waals surface area contributed by atoms with Gasteiger partial charge in [0.15, 0.2) is 11.6 Å². The molecule has 90 valence electrons. The average molecular weight is 245 g/mol. The van der Waals surface area contributed by atoms with Gasteiger partial charge in [-0.25, -0.2) is 8.78 Å². The minimum atomic E-state index is -0.791. The molecule has 1 N–H and O–H groups in total. The van der Waals surface area contributed by atoms with Crippen LogP contribution in [0, 0.1) is 11.6 Å². The van der Waals surface area contributed by atoms with Crippen LogP contribution in [0.2, 0.25) is 0 Å². The predicted molar refractivity (Wildman–Crippen MR) is 64.8 cm³/mol. The lowest BCUT2D eigenvalue weighted by molar-refractivity contribution is 0.506. The van der Waals surface area contributed by atoms with Crippen molar-refractivity contribution < 1.29 is 8.78 Å². The highest BCUT2D eigenvalue weighted by Gasteiger charge is 2.07. The van der Waals surface area contributed by atoms with Gasteiger partial charge >= 0.3 is 0 Å². The van der Waals surface area contributed by atoms with Crippen molar-refractivity contribution in [1.82, 2.24) is 5.32 Å². The van der Waals surface area contributed by atoms with Crippen LogP contribution in [0.3, 0.4) is 0 Å². The first-order valence-electron chi connectivity index (χ1n) is 5.46. The molecular formula is C12H17F2NS. The van der Waals surface area contributed by atoms with Crippen molar-refractivity contribution in [2.45, 2.75) is 30.4 Å². The second kappa shape index (κ2) is 6.86. The van der Waals surface area contributed by atoms with Crippen molar-refractivity contribution in [1.29, 1.82) is 0 Å². The lowest BCUT2D eigenvalue weighted by Gasteiger charge is -2.11. The van der Waals surface area contributed by atoms with Crippen LogP contribution in [0.5, 0.6) is 0 Å². The summed E-state index contributed by atoms with van der Waals surface area (Å²) in [4.78, 5) is 0.768. The van der Waals surface area contributed by atoms with E-state index >= 15 is 0 Å². The summed E-state index contributed by atoms with van der Waals surface area (Å²) in [6.07, 6.45) is 1.10. The third kappa shape index (κ3) is 4.49. The first kappa shape index (κ1) is 13.5. The number of rotatable bonds is 6. The highest BCUT2D eigenvalue weighted by Crippen LogP contribution is 2.24.